The molecule has 3 heteroatoms. The molecule has 4 rings (SSSR count). The summed E-state index contributed by atoms with van der Waals surface area (Å²) in [5.41, 5.74) is 3.12. The minimum atomic E-state index is -0.393. The van der Waals surface area contributed by atoms with E-state index in [-0.39, 0.29) is 5.75 Å². The van der Waals surface area contributed by atoms with Gasteiger partial charge in [-0.05, 0) is 47.6 Å². The Labute approximate surface area is 123 Å². The fraction of sp³-hybridized carbons (Fsp3) is 0.333. The van der Waals surface area contributed by atoms with Crippen molar-refractivity contribution in [3.63, 3.8) is 0 Å². The molecule has 2 aromatic rings. The monoisotopic (exact) mass is 282 g/mol. The number of aliphatic hydroxyl groups excluding tert-OH is 1. The van der Waals surface area contributed by atoms with Crippen LogP contribution in [0.1, 0.15) is 24.5 Å². The number of aromatic hydroxyl groups is 1. The summed E-state index contributed by atoms with van der Waals surface area (Å²) in [4.78, 5) is 0. The Morgan fingerprint density at radius 2 is 1.38 bits per heavy atom. The SMILES string of the molecule is Oc1ccc(-c2ccc([C@H](O)[C@H]3C[C@@H]4O[C@@H]4C3)cc2)cc1. The fourth-order valence-electron chi connectivity index (χ4n) is 3.34. The third-order valence-corrected chi connectivity index (χ3v) is 4.66. The van der Waals surface area contributed by atoms with Crippen LogP contribution in [0, 0.1) is 5.92 Å². The molecule has 0 bridgehead atoms. The summed E-state index contributed by atoms with van der Waals surface area (Å²) < 4.78 is 5.42. The lowest BCUT2D eigenvalue weighted by Crippen LogP contribution is -2.11. The van der Waals surface area contributed by atoms with Crippen molar-refractivity contribution in [2.45, 2.75) is 31.2 Å². The number of epoxide rings is 1. The maximum Gasteiger partial charge on any atom is 0.115 e. The second-order valence-corrected chi connectivity index (χ2v) is 6.06. The Hall–Kier alpha value is -1.84. The molecule has 0 aromatic heterocycles. The highest BCUT2D eigenvalue weighted by atomic mass is 16.6. The average Bonchev–Trinajstić information content (AvgIpc) is 3.13. The van der Waals surface area contributed by atoms with Crippen LogP contribution < -0.4 is 0 Å². The first kappa shape index (κ1) is 12.9. The summed E-state index contributed by atoms with van der Waals surface area (Å²) in [7, 11) is 0. The summed E-state index contributed by atoms with van der Waals surface area (Å²) in [5.74, 6) is 0.598. The molecule has 0 radical (unpaired) electrons. The number of benzene rings is 2. The van der Waals surface area contributed by atoms with Crippen molar-refractivity contribution in [1.82, 2.24) is 0 Å². The van der Waals surface area contributed by atoms with Crippen LogP contribution in [0.25, 0.3) is 11.1 Å². The summed E-state index contributed by atoms with van der Waals surface area (Å²) in [6.07, 6.45) is 2.37. The molecule has 1 aliphatic heterocycles. The number of hydrogen-bond acceptors (Lipinski definition) is 3. The summed E-state index contributed by atoms with van der Waals surface area (Å²) in [5, 5.41) is 19.8. The van der Waals surface area contributed by atoms with Gasteiger partial charge in [0, 0.05) is 0 Å². The van der Waals surface area contributed by atoms with Gasteiger partial charge in [0.25, 0.3) is 0 Å². The van der Waals surface area contributed by atoms with Crippen molar-refractivity contribution in [3.8, 4) is 16.9 Å². The smallest absolute Gasteiger partial charge is 0.115 e. The first-order chi connectivity index (χ1) is 10.2. The van der Waals surface area contributed by atoms with Crippen LogP contribution in [0.5, 0.6) is 5.75 Å². The molecule has 2 aromatic carbocycles. The molecular formula is C18H18O3. The maximum atomic E-state index is 10.5. The van der Waals surface area contributed by atoms with Crippen LogP contribution >= 0.6 is 0 Å². The van der Waals surface area contributed by atoms with Gasteiger partial charge in [-0.2, -0.15) is 0 Å². The number of phenols is 1. The number of rotatable bonds is 3. The van der Waals surface area contributed by atoms with Crippen molar-refractivity contribution >= 4 is 0 Å². The zero-order chi connectivity index (χ0) is 14.4. The van der Waals surface area contributed by atoms with Gasteiger partial charge in [-0.3, -0.25) is 0 Å². The standard InChI is InChI=1S/C18H18O3/c19-15-7-5-12(6-8-15)11-1-3-13(4-2-11)18(20)14-9-16-17(10-14)21-16/h1-8,14,16-20H,9-10H2/t14-,16-,17+,18-/m0/s1. The van der Waals surface area contributed by atoms with E-state index in [1.165, 1.54) is 0 Å². The molecule has 1 aliphatic carbocycles. The van der Waals surface area contributed by atoms with E-state index in [0.717, 1.165) is 29.5 Å². The Bertz CT molecular complexity index is 623. The molecule has 0 spiro atoms. The average molecular weight is 282 g/mol. The predicted octanol–water partition coefficient (Wildman–Crippen LogP) is 3.27. The molecule has 21 heavy (non-hydrogen) atoms. The van der Waals surface area contributed by atoms with Crippen LogP contribution in [-0.4, -0.2) is 22.4 Å². The topological polar surface area (TPSA) is 53.0 Å². The first-order valence-corrected chi connectivity index (χ1v) is 7.43. The minimum Gasteiger partial charge on any atom is -0.508 e. The van der Waals surface area contributed by atoms with Gasteiger partial charge in [-0.1, -0.05) is 36.4 Å². The Morgan fingerprint density at radius 1 is 0.857 bits per heavy atom. The van der Waals surface area contributed by atoms with Gasteiger partial charge >= 0.3 is 0 Å². The van der Waals surface area contributed by atoms with Gasteiger partial charge in [-0.15, -0.1) is 0 Å². The van der Waals surface area contributed by atoms with Crippen molar-refractivity contribution in [1.29, 1.82) is 0 Å². The molecule has 0 unspecified atom stereocenters. The van der Waals surface area contributed by atoms with Gasteiger partial charge in [0.05, 0.1) is 18.3 Å². The van der Waals surface area contributed by atoms with Gasteiger partial charge in [0.1, 0.15) is 5.75 Å². The van der Waals surface area contributed by atoms with Crippen LogP contribution in [0.3, 0.4) is 0 Å². The van der Waals surface area contributed by atoms with Crippen molar-refractivity contribution in [2.75, 3.05) is 0 Å². The van der Waals surface area contributed by atoms with Crippen LogP contribution in [0.15, 0.2) is 48.5 Å². The molecule has 0 amide bonds. The normalized spacial score (nSPS) is 28.1. The van der Waals surface area contributed by atoms with E-state index in [9.17, 15) is 10.2 Å². The molecule has 1 saturated heterocycles. The van der Waals surface area contributed by atoms with Gasteiger partial charge in [-0.25, -0.2) is 0 Å². The number of fused-ring (bicyclic) bond motifs is 1. The van der Waals surface area contributed by atoms with E-state index in [1.54, 1.807) is 12.1 Å². The summed E-state index contributed by atoms with van der Waals surface area (Å²) >= 11 is 0. The lowest BCUT2D eigenvalue weighted by atomic mass is 9.92. The van der Waals surface area contributed by atoms with E-state index in [1.807, 2.05) is 36.4 Å². The molecule has 2 fully saturated rings. The second-order valence-electron chi connectivity index (χ2n) is 6.06. The Kier molecular flexibility index (Phi) is 2.98. The predicted molar refractivity (Wildman–Crippen MR) is 79.9 cm³/mol. The second kappa shape index (κ2) is 4.86. The van der Waals surface area contributed by atoms with Crippen molar-refractivity contribution in [2.24, 2.45) is 5.92 Å². The van der Waals surface area contributed by atoms with Crippen LogP contribution in [-0.2, 0) is 4.74 Å². The van der Waals surface area contributed by atoms with Gasteiger partial charge in [0.15, 0.2) is 0 Å². The van der Waals surface area contributed by atoms with Crippen LogP contribution in [0.4, 0.5) is 0 Å². The molecule has 2 N–H and O–H groups in total. The largest absolute Gasteiger partial charge is 0.508 e. The van der Waals surface area contributed by atoms with E-state index >= 15 is 0 Å². The zero-order valence-corrected chi connectivity index (χ0v) is 11.6. The van der Waals surface area contributed by atoms with E-state index in [4.69, 9.17) is 4.74 Å². The minimum absolute atomic E-state index is 0.271. The highest BCUT2D eigenvalue weighted by Gasteiger charge is 2.49. The van der Waals surface area contributed by atoms with E-state index < -0.39 is 6.10 Å². The van der Waals surface area contributed by atoms with Gasteiger partial charge in [0.2, 0.25) is 0 Å². The summed E-state index contributed by atoms with van der Waals surface area (Å²) in [6.45, 7) is 0. The molecular weight excluding hydrogens is 264 g/mol. The van der Waals surface area contributed by atoms with E-state index in [0.29, 0.717) is 18.1 Å². The fourth-order valence-corrected chi connectivity index (χ4v) is 3.34. The number of phenolic OH excluding ortho intramolecular Hbond substituents is 1. The highest BCUT2D eigenvalue weighted by molar-refractivity contribution is 5.64. The number of aliphatic hydroxyl groups is 1. The zero-order valence-electron chi connectivity index (χ0n) is 11.6. The molecule has 108 valence electrons. The highest BCUT2D eigenvalue weighted by Crippen LogP contribution is 2.47. The quantitative estimate of drug-likeness (QED) is 0.849. The molecule has 1 heterocycles. The molecule has 4 atom stereocenters. The number of hydrogen-bond donors (Lipinski definition) is 2. The Balaban J connectivity index is 1.51. The third-order valence-electron chi connectivity index (χ3n) is 4.66. The van der Waals surface area contributed by atoms with Crippen molar-refractivity contribution in [3.05, 3.63) is 54.1 Å². The van der Waals surface area contributed by atoms with Crippen molar-refractivity contribution < 1.29 is 14.9 Å². The first-order valence-electron chi connectivity index (χ1n) is 7.43. The third kappa shape index (κ3) is 2.43. The molecule has 3 nitrogen and oxygen atoms in total. The lowest BCUT2D eigenvalue weighted by Gasteiger charge is -2.19. The van der Waals surface area contributed by atoms with Crippen LogP contribution in [0.2, 0.25) is 0 Å². The lowest BCUT2D eigenvalue weighted by molar-refractivity contribution is 0.0866. The van der Waals surface area contributed by atoms with Gasteiger partial charge < -0.3 is 14.9 Å². The molecule has 2 aliphatic rings. The summed E-state index contributed by atoms with van der Waals surface area (Å²) in [6, 6.07) is 15.2. The number of ether oxygens (including phenoxy) is 1. The Morgan fingerprint density at radius 3 is 1.95 bits per heavy atom. The maximum absolute atomic E-state index is 10.5. The molecule has 1 saturated carbocycles. The van der Waals surface area contributed by atoms with E-state index in [2.05, 4.69) is 0 Å².